The van der Waals surface area contributed by atoms with Gasteiger partial charge in [-0.1, -0.05) is 0 Å². The number of nitrogens with one attached hydrogen (secondary N) is 2. The third-order valence-corrected chi connectivity index (χ3v) is 1.74. The molecule has 0 aromatic heterocycles. The minimum Gasteiger partial charge on any atom is -0.355 e. The van der Waals surface area contributed by atoms with Crippen molar-refractivity contribution >= 4 is 17.5 Å². The maximum atomic E-state index is 11.3. The van der Waals surface area contributed by atoms with E-state index < -0.39 is 0 Å². The Hall–Kier alpha value is -1.39. The molecule has 0 radical (unpaired) electrons. The Labute approximate surface area is 76.6 Å². The lowest BCUT2D eigenvalue weighted by molar-refractivity contribution is -0.126. The number of rotatable bonds is 2. The maximum absolute atomic E-state index is 11.3. The first-order valence-corrected chi connectivity index (χ1v) is 4.17. The van der Waals surface area contributed by atoms with E-state index in [0.717, 1.165) is 5.71 Å². The average molecular weight is 183 g/mol. The molecule has 0 spiro atoms. The van der Waals surface area contributed by atoms with Gasteiger partial charge in [0.05, 0.1) is 5.92 Å². The molecule has 1 unspecified atom stereocenters. The molecule has 0 bridgehead atoms. The molecular weight excluding hydrogens is 170 g/mol. The van der Waals surface area contributed by atoms with Crippen LogP contribution in [0.5, 0.6) is 0 Å². The first-order chi connectivity index (χ1) is 6.09. The van der Waals surface area contributed by atoms with Gasteiger partial charge < -0.3 is 5.32 Å². The zero-order valence-corrected chi connectivity index (χ0v) is 7.76. The van der Waals surface area contributed by atoms with Crippen LogP contribution >= 0.6 is 0 Å². The highest BCUT2D eigenvalue weighted by Gasteiger charge is 2.27. The zero-order chi connectivity index (χ0) is 9.84. The highest BCUT2D eigenvalue weighted by Crippen LogP contribution is 2.08. The molecule has 5 nitrogen and oxygen atoms in total. The van der Waals surface area contributed by atoms with Crippen LogP contribution < -0.4 is 10.7 Å². The lowest BCUT2D eigenvalue weighted by atomic mass is 10.1. The highest BCUT2D eigenvalue weighted by molar-refractivity contribution is 5.90. The molecule has 13 heavy (non-hydrogen) atoms. The minimum absolute atomic E-state index is 0.0719. The minimum atomic E-state index is -0.268. The summed E-state index contributed by atoms with van der Waals surface area (Å²) in [5.74, 6) is -0.535. The average Bonchev–Trinajstić information content (AvgIpc) is 2.47. The molecule has 1 aliphatic rings. The summed E-state index contributed by atoms with van der Waals surface area (Å²) in [6.45, 7) is 4.00. The first-order valence-electron chi connectivity index (χ1n) is 4.17. The smallest absolute Gasteiger partial charge is 0.245 e. The first kappa shape index (κ1) is 9.70. The van der Waals surface area contributed by atoms with Gasteiger partial charge in [0, 0.05) is 18.7 Å². The quantitative estimate of drug-likeness (QED) is 0.453. The van der Waals surface area contributed by atoms with E-state index in [2.05, 4.69) is 15.8 Å². The molecule has 0 saturated carbocycles. The van der Waals surface area contributed by atoms with E-state index in [1.165, 1.54) is 0 Å². The summed E-state index contributed by atoms with van der Waals surface area (Å²) >= 11 is 0. The van der Waals surface area contributed by atoms with Gasteiger partial charge in [0.15, 0.2) is 0 Å². The van der Waals surface area contributed by atoms with Crippen molar-refractivity contribution in [1.29, 1.82) is 0 Å². The van der Waals surface area contributed by atoms with Crippen molar-refractivity contribution in [1.82, 2.24) is 10.7 Å². The van der Waals surface area contributed by atoms with Gasteiger partial charge in [-0.15, -0.1) is 0 Å². The molecule has 72 valence electrons. The van der Waals surface area contributed by atoms with Crippen LogP contribution in [0.2, 0.25) is 0 Å². The Balaban J connectivity index is 2.40. The van der Waals surface area contributed by atoms with E-state index in [0.29, 0.717) is 6.54 Å². The normalized spacial score (nSPS) is 20.8. The summed E-state index contributed by atoms with van der Waals surface area (Å²) in [6.07, 6.45) is 0.268. The second-order valence-electron chi connectivity index (χ2n) is 3.24. The number of carbonyl (C=O) groups excluding carboxylic acids is 2. The third-order valence-electron chi connectivity index (χ3n) is 1.74. The van der Waals surface area contributed by atoms with Gasteiger partial charge in [-0.05, 0) is 13.8 Å². The number of hydrogen-bond donors (Lipinski definition) is 2. The standard InChI is InChI=1S/C8H13N3O2/c1-5(2)10-11-8(13)6-3-7(12)9-4-6/h6H,3-4H2,1-2H3,(H,9,12)(H,11,13). The molecule has 0 aliphatic carbocycles. The summed E-state index contributed by atoms with van der Waals surface area (Å²) < 4.78 is 0. The molecule has 1 fully saturated rings. The number of nitrogens with zero attached hydrogens (tertiary/aromatic N) is 1. The highest BCUT2D eigenvalue weighted by atomic mass is 16.2. The van der Waals surface area contributed by atoms with Gasteiger partial charge in [0.2, 0.25) is 11.8 Å². The number of hydrazone groups is 1. The molecule has 1 heterocycles. The molecule has 1 rings (SSSR count). The topological polar surface area (TPSA) is 70.6 Å². The lowest BCUT2D eigenvalue weighted by Gasteiger charge is -2.04. The van der Waals surface area contributed by atoms with Crippen LogP contribution in [0.25, 0.3) is 0 Å². The van der Waals surface area contributed by atoms with Crippen LogP contribution in [0.4, 0.5) is 0 Å². The van der Waals surface area contributed by atoms with Gasteiger partial charge in [-0.2, -0.15) is 5.10 Å². The third kappa shape index (κ3) is 2.85. The molecule has 1 saturated heterocycles. The number of carbonyl (C=O) groups is 2. The fourth-order valence-corrected chi connectivity index (χ4v) is 1.05. The van der Waals surface area contributed by atoms with Gasteiger partial charge in [0.1, 0.15) is 0 Å². The SMILES string of the molecule is CC(C)=NNC(=O)C1CNC(=O)C1. The number of amides is 2. The second kappa shape index (κ2) is 4.02. The Morgan fingerprint density at radius 1 is 1.62 bits per heavy atom. The summed E-state index contributed by atoms with van der Waals surface area (Å²) in [4.78, 5) is 22.1. The Morgan fingerprint density at radius 3 is 2.77 bits per heavy atom. The van der Waals surface area contributed by atoms with Gasteiger partial charge in [0.25, 0.3) is 0 Å². The maximum Gasteiger partial charge on any atom is 0.245 e. The van der Waals surface area contributed by atoms with Crippen molar-refractivity contribution in [2.24, 2.45) is 11.0 Å². The van der Waals surface area contributed by atoms with Crippen molar-refractivity contribution in [2.75, 3.05) is 6.54 Å². The predicted octanol–water partition coefficient (Wildman–Crippen LogP) is -0.366. The van der Waals surface area contributed by atoms with Crippen molar-refractivity contribution in [3.05, 3.63) is 0 Å². The fraction of sp³-hybridized carbons (Fsp3) is 0.625. The van der Waals surface area contributed by atoms with Crippen LogP contribution in [0.1, 0.15) is 20.3 Å². The molecular formula is C8H13N3O2. The predicted molar refractivity (Wildman–Crippen MR) is 48.0 cm³/mol. The Morgan fingerprint density at radius 2 is 2.31 bits per heavy atom. The molecule has 2 amide bonds. The molecule has 5 heteroatoms. The summed E-state index contributed by atoms with van der Waals surface area (Å²) in [6, 6.07) is 0. The Kier molecular flexibility index (Phi) is 3.00. The van der Waals surface area contributed by atoms with Crippen LogP contribution in [-0.4, -0.2) is 24.1 Å². The van der Waals surface area contributed by atoms with Crippen molar-refractivity contribution in [3.8, 4) is 0 Å². The Bertz CT molecular complexity index is 256. The van der Waals surface area contributed by atoms with Gasteiger partial charge in [-0.25, -0.2) is 5.43 Å². The van der Waals surface area contributed by atoms with E-state index in [9.17, 15) is 9.59 Å². The van der Waals surface area contributed by atoms with Crippen LogP contribution in [0.15, 0.2) is 5.10 Å². The van der Waals surface area contributed by atoms with E-state index in [1.807, 2.05) is 0 Å². The van der Waals surface area contributed by atoms with Crippen LogP contribution in [0.3, 0.4) is 0 Å². The summed E-state index contributed by atoms with van der Waals surface area (Å²) in [5, 5.41) is 6.36. The van der Waals surface area contributed by atoms with E-state index in [1.54, 1.807) is 13.8 Å². The zero-order valence-electron chi connectivity index (χ0n) is 7.76. The fourth-order valence-electron chi connectivity index (χ4n) is 1.05. The monoisotopic (exact) mass is 183 g/mol. The van der Waals surface area contributed by atoms with Crippen LogP contribution in [0, 0.1) is 5.92 Å². The summed E-state index contributed by atoms with van der Waals surface area (Å²) in [5.41, 5.74) is 3.18. The van der Waals surface area contributed by atoms with Crippen molar-refractivity contribution in [2.45, 2.75) is 20.3 Å². The van der Waals surface area contributed by atoms with Crippen LogP contribution in [-0.2, 0) is 9.59 Å². The van der Waals surface area contributed by atoms with E-state index >= 15 is 0 Å². The largest absolute Gasteiger partial charge is 0.355 e. The summed E-state index contributed by atoms with van der Waals surface area (Å²) in [7, 11) is 0. The van der Waals surface area contributed by atoms with Crippen molar-refractivity contribution < 1.29 is 9.59 Å². The second-order valence-corrected chi connectivity index (χ2v) is 3.24. The number of hydrogen-bond acceptors (Lipinski definition) is 3. The van der Waals surface area contributed by atoms with Gasteiger partial charge >= 0.3 is 0 Å². The van der Waals surface area contributed by atoms with E-state index in [4.69, 9.17) is 0 Å². The molecule has 1 aliphatic heterocycles. The van der Waals surface area contributed by atoms with Gasteiger partial charge in [-0.3, -0.25) is 9.59 Å². The molecule has 0 aromatic carbocycles. The molecule has 1 atom stereocenters. The lowest BCUT2D eigenvalue weighted by Crippen LogP contribution is -2.28. The molecule has 0 aromatic rings. The van der Waals surface area contributed by atoms with Crippen molar-refractivity contribution in [3.63, 3.8) is 0 Å². The van der Waals surface area contributed by atoms with E-state index in [-0.39, 0.29) is 24.2 Å². The molecule has 2 N–H and O–H groups in total.